The van der Waals surface area contributed by atoms with Gasteiger partial charge < -0.3 is 14.8 Å². The number of rotatable bonds is 7. The summed E-state index contributed by atoms with van der Waals surface area (Å²) in [7, 11) is 2.96. The van der Waals surface area contributed by atoms with Crippen molar-refractivity contribution in [2.45, 2.75) is 25.8 Å². The van der Waals surface area contributed by atoms with E-state index in [9.17, 15) is 14.4 Å². The van der Waals surface area contributed by atoms with Crippen LogP contribution in [0.3, 0.4) is 0 Å². The fourth-order valence-corrected chi connectivity index (χ4v) is 2.78. The van der Waals surface area contributed by atoms with E-state index in [1.807, 2.05) is 0 Å². The predicted molar refractivity (Wildman–Crippen MR) is 99.2 cm³/mol. The molecule has 0 radical (unpaired) electrons. The number of carbonyl (C=O) groups is 3. The molecule has 0 spiro atoms. The van der Waals surface area contributed by atoms with Crippen LogP contribution in [-0.2, 0) is 9.59 Å². The highest BCUT2D eigenvalue weighted by Crippen LogP contribution is 2.35. The van der Waals surface area contributed by atoms with Gasteiger partial charge in [0, 0.05) is 13.0 Å². The number of hydrogen-bond donors (Lipinski definition) is 2. The summed E-state index contributed by atoms with van der Waals surface area (Å²) in [4.78, 5) is 36.7. The lowest BCUT2D eigenvalue weighted by molar-refractivity contribution is -0.130. The third-order valence-electron chi connectivity index (χ3n) is 3.87. The zero-order chi connectivity index (χ0) is 20.2. The van der Waals surface area contributed by atoms with Crippen LogP contribution >= 0.6 is 11.6 Å². The van der Waals surface area contributed by atoms with Gasteiger partial charge in [0.05, 0.1) is 25.5 Å². The molecule has 2 rings (SSSR count). The molecule has 1 aliphatic rings. The predicted octanol–water partition coefficient (Wildman–Crippen LogP) is 1.53. The molecule has 1 heterocycles. The lowest BCUT2D eigenvalue weighted by Crippen LogP contribution is -2.40. The van der Waals surface area contributed by atoms with Crippen molar-refractivity contribution in [1.82, 2.24) is 15.6 Å². The summed E-state index contributed by atoms with van der Waals surface area (Å²) < 4.78 is 10.3. The summed E-state index contributed by atoms with van der Waals surface area (Å²) in [5.74, 6) is 0.0164. The molecular formula is C17H21ClN4O5. The van der Waals surface area contributed by atoms with Gasteiger partial charge in [-0.3, -0.25) is 14.5 Å². The fourth-order valence-electron chi connectivity index (χ4n) is 2.48. The molecule has 0 aromatic heterocycles. The number of hydrogen-bond acceptors (Lipinski definition) is 6. The first kappa shape index (κ1) is 20.5. The van der Waals surface area contributed by atoms with E-state index in [4.69, 9.17) is 21.1 Å². The number of nitrogens with one attached hydrogen (secondary N) is 2. The van der Waals surface area contributed by atoms with Crippen molar-refractivity contribution < 1.29 is 23.9 Å². The van der Waals surface area contributed by atoms with E-state index >= 15 is 0 Å². The molecule has 1 fully saturated rings. The fraction of sp³-hybridized carbons (Fsp3) is 0.412. The van der Waals surface area contributed by atoms with Gasteiger partial charge in [0.1, 0.15) is 5.54 Å². The average molecular weight is 397 g/mol. The third kappa shape index (κ3) is 4.68. The Kier molecular flexibility index (Phi) is 6.27. The molecule has 0 unspecified atom stereocenters. The van der Waals surface area contributed by atoms with Crippen molar-refractivity contribution in [3.63, 3.8) is 0 Å². The highest BCUT2D eigenvalue weighted by Gasteiger charge is 2.43. The molecule has 0 atom stereocenters. The first-order chi connectivity index (χ1) is 12.7. The Balaban J connectivity index is 1.91. The Hall–Kier alpha value is -2.81. The first-order valence-corrected chi connectivity index (χ1v) is 8.45. The van der Waals surface area contributed by atoms with E-state index < -0.39 is 17.5 Å². The monoisotopic (exact) mass is 396 g/mol. The second-order valence-electron chi connectivity index (χ2n) is 6.29. The number of amides is 4. The third-order valence-corrected chi connectivity index (χ3v) is 4.15. The normalized spacial score (nSPS) is 15.8. The van der Waals surface area contributed by atoms with Crippen molar-refractivity contribution in [3.8, 4) is 11.5 Å². The van der Waals surface area contributed by atoms with E-state index in [2.05, 4.69) is 15.8 Å². The molecule has 0 aliphatic carbocycles. The Morgan fingerprint density at radius 3 is 2.59 bits per heavy atom. The van der Waals surface area contributed by atoms with Crippen LogP contribution in [0.1, 0.15) is 25.8 Å². The van der Waals surface area contributed by atoms with E-state index in [-0.39, 0.29) is 18.9 Å². The van der Waals surface area contributed by atoms with Crippen molar-refractivity contribution in [2.24, 2.45) is 5.10 Å². The second-order valence-corrected chi connectivity index (χ2v) is 6.70. The molecule has 9 nitrogen and oxygen atoms in total. The minimum absolute atomic E-state index is 0.0301. The van der Waals surface area contributed by atoms with E-state index in [0.29, 0.717) is 22.1 Å². The summed E-state index contributed by atoms with van der Waals surface area (Å²) >= 11 is 6.10. The lowest BCUT2D eigenvalue weighted by Gasteiger charge is -2.15. The number of imide groups is 1. The average Bonchev–Trinajstić information content (AvgIpc) is 2.80. The number of urea groups is 1. The van der Waals surface area contributed by atoms with Gasteiger partial charge in [-0.05, 0) is 31.5 Å². The maximum absolute atomic E-state index is 12.0. The van der Waals surface area contributed by atoms with Crippen LogP contribution in [0, 0.1) is 0 Å². The molecule has 27 heavy (non-hydrogen) atoms. The van der Waals surface area contributed by atoms with Gasteiger partial charge in [-0.2, -0.15) is 5.10 Å². The van der Waals surface area contributed by atoms with Crippen LogP contribution in [-0.4, -0.2) is 55.3 Å². The molecule has 0 bridgehead atoms. The first-order valence-electron chi connectivity index (χ1n) is 8.07. The standard InChI is InChI=1S/C17H21ClN4O5/c1-17(2)15(24)22(16(25)20-17)6-5-13(23)21-19-9-10-7-11(18)14(27-4)12(8-10)26-3/h7-9H,5-6H2,1-4H3,(H,20,25)(H,21,23)/b19-9-. The summed E-state index contributed by atoms with van der Waals surface area (Å²) in [6.45, 7) is 3.18. The number of carbonyl (C=O) groups excluding carboxylic acids is 3. The van der Waals surface area contributed by atoms with Gasteiger partial charge in [-0.1, -0.05) is 11.6 Å². The Morgan fingerprint density at radius 1 is 1.33 bits per heavy atom. The molecule has 1 saturated heterocycles. The molecule has 2 N–H and O–H groups in total. The largest absolute Gasteiger partial charge is 0.493 e. The van der Waals surface area contributed by atoms with E-state index in [1.54, 1.807) is 26.0 Å². The molecular weight excluding hydrogens is 376 g/mol. The van der Waals surface area contributed by atoms with Gasteiger partial charge in [0.15, 0.2) is 11.5 Å². The minimum atomic E-state index is -0.960. The number of ether oxygens (including phenoxy) is 2. The van der Waals surface area contributed by atoms with Crippen LogP contribution in [0.2, 0.25) is 5.02 Å². The van der Waals surface area contributed by atoms with E-state index in [1.165, 1.54) is 20.4 Å². The van der Waals surface area contributed by atoms with Crippen LogP contribution in [0.15, 0.2) is 17.2 Å². The number of nitrogens with zero attached hydrogens (tertiary/aromatic N) is 2. The zero-order valence-electron chi connectivity index (χ0n) is 15.5. The molecule has 0 saturated carbocycles. The molecule has 4 amide bonds. The van der Waals surface area contributed by atoms with Crippen LogP contribution < -0.4 is 20.2 Å². The van der Waals surface area contributed by atoms with Gasteiger partial charge in [-0.25, -0.2) is 10.2 Å². The second kappa shape index (κ2) is 8.26. The molecule has 1 aromatic carbocycles. The van der Waals surface area contributed by atoms with Crippen molar-refractivity contribution in [2.75, 3.05) is 20.8 Å². The Bertz CT molecular complexity index is 794. The molecule has 1 aliphatic heterocycles. The Morgan fingerprint density at radius 2 is 2.04 bits per heavy atom. The molecule has 146 valence electrons. The van der Waals surface area contributed by atoms with Crippen LogP contribution in [0.5, 0.6) is 11.5 Å². The highest BCUT2D eigenvalue weighted by atomic mass is 35.5. The maximum atomic E-state index is 12.0. The molecule has 1 aromatic rings. The van der Waals surface area contributed by atoms with Gasteiger partial charge >= 0.3 is 6.03 Å². The van der Waals surface area contributed by atoms with Crippen molar-refractivity contribution in [3.05, 3.63) is 22.7 Å². The number of hydrazone groups is 1. The lowest BCUT2D eigenvalue weighted by atomic mass is 10.1. The van der Waals surface area contributed by atoms with E-state index in [0.717, 1.165) is 4.90 Å². The summed E-state index contributed by atoms with van der Waals surface area (Å²) in [5.41, 5.74) is 1.97. The Labute approximate surface area is 161 Å². The minimum Gasteiger partial charge on any atom is -0.493 e. The highest BCUT2D eigenvalue weighted by molar-refractivity contribution is 6.32. The number of methoxy groups -OCH3 is 2. The van der Waals surface area contributed by atoms with Crippen LogP contribution in [0.25, 0.3) is 0 Å². The zero-order valence-corrected chi connectivity index (χ0v) is 16.2. The SMILES string of the molecule is COc1cc(/C=N\NC(=O)CCN2C(=O)NC(C)(C)C2=O)cc(Cl)c1OC. The number of benzene rings is 1. The summed E-state index contributed by atoms with van der Waals surface area (Å²) in [5, 5.41) is 6.73. The van der Waals surface area contributed by atoms with Crippen molar-refractivity contribution >= 4 is 35.7 Å². The summed E-state index contributed by atoms with van der Waals surface area (Å²) in [6, 6.07) is 2.74. The van der Waals surface area contributed by atoms with Crippen molar-refractivity contribution in [1.29, 1.82) is 0 Å². The van der Waals surface area contributed by atoms with Crippen LogP contribution in [0.4, 0.5) is 4.79 Å². The topological polar surface area (TPSA) is 109 Å². The van der Waals surface area contributed by atoms with Gasteiger partial charge in [0.25, 0.3) is 5.91 Å². The van der Waals surface area contributed by atoms with Gasteiger partial charge in [-0.15, -0.1) is 0 Å². The summed E-state index contributed by atoms with van der Waals surface area (Å²) in [6.07, 6.45) is 1.32. The quantitative estimate of drug-likeness (QED) is 0.412. The molecule has 10 heteroatoms. The maximum Gasteiger partial charge on any atom is 0.325 e. The van der Waals surface area contributed by atoms with Gasteiger partial charge in [0.2, 0.25) is 5.91 Å². The number of halogens is 1. The smallest absolute Gasteiger partial charge is 0.325 e.